The van der Waals surface area contributed by atoms with Crippen LogP contribution in [0.3, 0.4) is 0 Å². The van der Waals surface area contributed by atoms with Gasteiger partial charge in [0.2, 0.25) is 15.9 Å². The minimum atomic E-state index is -3.61. The number of nitrogens with one attached hydrogen (secondary N) is 2. The number of carbonyl (C=O) groups is 2. The van der Waals surface area contributed by atoms with Gasteiger partial charge in [-0.3, -0.25) is 9.59 Å². The highest BCUT2D eigenvalue weighted by atomic mass is 32.2. The Balaban J connectivity index is 1.48. The van der Waals surface area contributed by atoms with E-state index in [1.54, 1.807) is 42.5 Å². The average molecular weight is 492 g/mol. The van der Waals surface area contributed by atoms with Gasteiger partial charge >= 0.3 is 0 Å². The molecule has 3 aromatic carbocycles. The minimum Gasteiger partial charge on any atom is -0.345 e. The molecule has 2 N–H and O–H groups in total. The van der Waals surface area contributed by atoms with Crippen LogP contribution in [-0.4, -0.2) is 37.6 Å². The van der Waals surface area contributed by atoms with E-state index >= 15 is 0 Å². The van der Waals surface area contributed by atoms with Crippen LogP contribution >= 0.6 is 0 Å². The number of anilines is 1. The molecule has 0 aromatic heterocycles. The fourth-order valence-electron chi connectivity index (χ4n) is 4.15. The Morgan fingerprint density at radius 1 is 0.829 bits per heavy atom. The lowest BCUT2D eigenvalue weighted by molar-refractivity contribution is -0.116. The summed E-state index contributed by atoms with van der Waals surface area (Å²) in [6.07, 6.45) is 2.73. The molecule has 0 bridgehead atoms. The number of amides is 2. The third kappa shape index (κ3) is 6.35. The molecule has 8 heteroatoms. The molecule has 1 fully saturated rings. The smallest absolute Gasteiger partial charge is 0.251 e. The molecule has 0 spiro atoms. The van der Waals surface area contributed by atoms with Gasteiger partial charge in [-0.1, -0.05) is 61.0 Å². The van der Waals surface area contributed by atoms with Gasteiger partial charge in [-0.05, 0) is 48.7 Å². The van der Waals surface area contributed by atoms with Crippen molar-refractivity contribution in [3.63, 3.8) is 0 Å². The maximum atomic E-state index is 13.0. The summed E-state index contributed by atoms with van der Waals surface area (Å²) in [5, 5.41) is 5.74. The van der Waals surface area contributed by atoms with Gasteiger partial charge in [-0.25, -0.2) is 8.42 Å². The molecule has 1 unspecified atom stereocenters. The van der Waals surface area contributed by atoms with Crippen molar-refractivity contribution in [2.24, 2.45) is 0 Å². The highest BCUT2D eigenvalue weighted by molar-refractivity contribution is 7.89. The number of sulfonamides is 1. The summed E-state index contributed by atoms with van der Waals surface area (Å²) in [6, 6.07) is 23.9. The van der Waals surface area contributed by atoms with Crippen LogP contribution in [0, 0.1) is 0 Å². The third-order valence-electron chi connectivity index (χ3n) is 6.00. The number of benzene rings is 3. The summed E-state index contributed by atoms with van der Waals surface area (Å²) in [5.41, 5.74) is 1.70. The molecular weight excluding hydrogens is 462 g/mol. The van der Waals surface area contributed by atoms with E-state index in [1.807, 2.05) is 36.4 Å². The van der Waals surface area contributed by atoms with E-state index in [0.717, 1.165) is 24.8 Å². The molecule has 35 heavy (non-hydrogen) atoms. The van der Waals surface area contributed by atoms with Crippen LogP contribution < -0.4 is 10.6 Å². The summed E-state index contributed by atoms with van der Waals surface area (Å²) in [7, 11) is -3.61. The SMILES string of the molecule is O=C(CC(NC(=O)c1ccccc1)c1ccccc1)Nc1cccc(S(=O)(=O)N2CCCCC2)c1. The van der Waals surface area contributed by atoms with Crippen molar-refractivity contribution in [2.45, 2.75) is 36.6 Å². The Morgan fingerprint density at radius 3 is 2.17 bits per heavy atom. The van der Waals surface area contributed by atoms with E-state index in [4.69, 9.17) is 0 Å². The molecule has 2 amide bonds. The van der Waals surface area contributed by atoms with Gasteiger partial charge in [0.05, 0.1) is 17.4 Å². The molecule has 0 aliphatic carbocycles. The first kappa shape index (κ1) is 24.6. The molecule has 1 aliphatic rings. The molecule has 0 saturated carbocycles. The van der Waals surface area contributed by atoms with E-state index in [2.05, 4.69) is 10.6 Å². The first-order valence-corrected chi connectivity index (χ1v) is 13.2. The van der Waals surface area contributed by atoms with E-state index in [-0.39, 0.29) is 23.1 Å². The standard InChI is InChI=1S/C27H29N3O4S/c31-26(28-23-15-10-16-24(19-23)35(33,34)30-17-8-3-9-18-30)20-25(21-11-4-1-5-12-21)29-27(32)22-13-6-2-7-14-22/h1-2,4-7,10-16,19,25H,3,8-9,17-18,20H2,(H,28,31)(H,29,32). The second-order valence-corrected chi connectivity index (χ2v) is 10.5. The number of hydrogen-bond donors (Lipinski definition) is 2. The van der Waals surface area contributed by atoms with Gasteiger partial charge in [0.25, 0.3) is 5.91 Å². The number of nitrogens with zero attached hydrogens (tertiary/aromatic N) is 1. The van der Waals surface area contributed by atoms with E-state index in [1.165, 1.54) is 10.4 Å². The second-order valence-electron chi connectivity index (χ2n) is 8.55. The molecule has 1 saturated heterocycles. The van der Waals surface area contributed by atoms with Gasteiger partial charge in [-0.15, -0.1) is 0 Å². The molecule has 0 radical (unpaired) electrons. The van der Waals surface area contributed by atoms with Crippen LogP contribution in [0.25, 0.3) is 0 Å². The summed E-state index contributed by atoms with van der Waals surface area (Å²) < 4.78 is 27.5. The molecular formula is C27H29N3O4S. The molecule has 182 valence electrons. The lowest BCUT2D eigenvalue weighted by atomic mass is 10.0. The summed E-state index contributed by atoms with van der Waals surface area (Å²) in [5.74, 6) is -0.610. The Kier molecular flexibility index (Phi) is 7.94. The topological polar surface area (TPSA) is 95.6 Å². The molecule has 3 aromatic rings. The van der Waals surface area contributed by atoms with Gasteiger partial charge in [0.15, 0.2) is 0 Å². The van der Waals surface area contributed by atoms with Gasteiger partial charge in [0.1, 0.15) is 0 Å². The van der Waals surface area contributed by atoms with E-state index in [9.17, 15) is 18.0 Å². The van der Waals surface area contributed by atoms with Crippen molar-refractivity contribution >= 4 is 27.5 Å². The van der Waals surface area contributed by atoms with E-state index in [0.29, 0.717) is 24.3 Å². The van der Waals surface area contributed by atoms with Crippen molar-refractivity contribution in [3.8, 4) is 0 Å². The molecule has 1 atom stereocenters. The predicted molar refractivity (Wildman–Crippen MR) is 135 cm³/mol. The van der Waals surface area contributed by atoms with Crippen molar-refractivity contribution in [2.75, 3.05) is 18.4 Å². The van der Waals surface area contributed by atoms with Gasteiger partial charge in [0, 0.05) is 24.3 Å². The van der Waals surface area contributed by atoms with Crippen LogP contribution in [0.5, 0.6) is 0 Å². The zero-order valence-corrected chi connectivity index (χ0v) is 20.2. The van der Waals surface area contributed by atoms with E-state index < -0.39 is 16.1 Å². The quantitative estimate of drug-likeness (QED) is 0.489. The fourth-order valence-corrected chi connectivity index (χ4v) is 5.72. The first-order valence-electron chi connectivity index (χ1n) is 11.7. The molecule has 1 heterocycles. The summed E-state index contributed by atoms with van der Waals surface area (Å²) in [4.78, 5) is 25.9. The highest BCUT2D eigenvalue weighted by Crippen LogP contribution is 2.24. The van der Waals surface area contributed by atoms with Gasteiger partial charge in [-0.2, -0.15) is 4.31 Å². The fraction of sp³-hybridized carbons (Fsp3) is 0.259. The van der Waals surface area contributed by atoms with Crippen LogP contribution in [0.2, 0.25) is 0 Å². The lowest BCUT2D eigenvalue weighted by Crippen LogP contribution is -2.35. The number of piperidine rings is 1. The Morgan fingerprint density at radius 2 is 1.49 bits per heavy atom. The molecule has 4 rings (SSSR count). The van der Waals surface area contributed by atoms with Crippen LogP contribution in [0.1, 0.15) is 47.6 Å². The third-order valence-corrected chi connectivity index (χ3v) is 7.90. The van der Waals surface area contributed by atoms with Crippen molar-refractivity contribution in [1.82, 2.24) is 9.62 Å². The van der Waals surface area contributed by atoms with Crippen LogP contribution in [0.4, 0.5) is 5.69 Å². The van der Waals surface area contributed by atoms with Crippen molar-refractivity contribution in [1.29, 1.82) is 0 Å². The summed E-state index contributed by atoms with van der Waals surface area (Å²) >= 11 is 0. The summed E-state index contributed by atoms with van der Waals surface area (Å²) in [6.45, 7) is 1.03. The minimum absolute atomic E-state index is 0.00824. The van der Waals surface area contributed by atoms with Gasteiger partial charge < -0.3 is 10.6 Å². The normalized spacial score (nSPS) is 15.2. The molecule has 1 aliphatic heterocycles. The van der Waals surface area contributed by atoms with Crippen molar-refractivity contribution in [3.05, 3.63) is 96.1 Å². The maximum absolute atomic E-state index is 13.0. The number of rotatable bonds is 8. The Bertz CT molecular complexity index is 1260. The second kappa shape index (κ2) is 11.3. The predicted octanol–water partition coefficient (Wildman–Crippen LogP) is 4.36. The average Bonchev–Trinajstić information content (AvgIpc) is 2.90. The van der Waals surface area contributed by atoms with Crippen LogP contribution in [-0.2, 0) is 14.8 Å². The highest BCUT2D eigenvalue weighted by Gasteiger charge is 2.26. The maximum Gasteiger partial charge on any atom is 0.251 e. The molecule has 7 nitrogen and oxygen atoms in total. The van der Waals surface area contributed by atoms with Crippen molar-refractivity contribution < 1.29 is 18.0 Å². The zero-order chi connectivity index (χ0) is 24.7. The van der Waals surface area contributed by atoms with Crippen LogP contribution in [0.15, 0.2) is 89.8 Å². The zero-order valence-electron chi connectivity index (χ0n) is 19.4. The Labute approximate surface area is 206 Å². The first-order chi connectivity index (χ1) is 16.9. The monoisotopic (exact) mass is 491 g/mol. The number of carbonyl (C=O) groups excluding carboxylic acids is 2. The lowest BCUT2D eigenvalue weighted by Gasteiger charge is -2.26. The largest absolute Gasteiger partial charge is 0.345 e. The number of hydrogen-bond acceptors (Lipinski definition) is 4. The Hall–Kier alpha value is -3.49.